The molecule has 0 amide bonds. The van der Waals surface area contributed by atoms with Crippen molar-refractivity contribution in [3.8, 4) is 5.75 Å². The molecule has 0 fully saturated rings. The highest BCUT2D eigenvalue weighted by Crippen LogP contribution is 2.27. The first kappa shape index (κ1) is 16.1. The van der Waals surface area contributed by atoms with Crippen molar-refractivity contribution in [2.75, 3.05) is 25.5 Å². The maximum atomic E-state index is 6.01. The van der Waals surface area contributed by atoms with Gasteiger partial charge in [0.05, 0.1) is 12.8 Å². The molecular weight excluding hydrogens is 280 g/mol. The van der Waals surface area contributed by atoms with E-state index in [9.17, 15) is 0 Å². The minimum atomic E-state index is 0.656. The van der Waals surface area contributed by atoms with Crippen molar-refractivity contribution >= 4 is 34.6 Å². The van der Waals surface area contributed by atoms with E-state index in [0.717, 1.165) is 37.4 Å². The van der Waals surface area contributed by atoms with Crippen molar-refractivity contribution in [3.05, 3.63) is 23.2 Å². The molecule has 0 unspecified atom stereocenters. The van der Waals surface area contributed by atoms with E-state index >= 15 is 0 Å². The first-order chi connectivity index (χ1) is 9.12. The summed E-state index contributed by atoms with van der Waals surface area (Å²) in [6, 6.07) is 5.45. The maximum absolute atomic E-state index is 6.01. The fraction of sp³-hybridized carbons (Fsp3) is 0.500. The van der Waals surface area contributed by atoms with Gasteiger partial charge in [-0.15, -0.1) is 0 Å². The third-order valence-electron chi connectivity index (χ3n) is 2.68. The van der Waals surface area contributed by atoms with Crippen LogP contribution in [0, 0.1) is 0 Å². The summed E-state index contributed by atoms with van der Waals surface area (Å²) < 4.78 is 5.30. The van der Waals surface area contributed by atoms with Gasteiger partial charge in [-0.3, -0.25) is 0 Å². The van der Waals surface area contributed by atoms with Crippen LogP contribution in [0.2, 0.25) is 5.02 Å². The molecule has 0 saturated carbocycles. The van der Waals surface area contributed by atoms with E-state index in [1.165, 1.54) is 0 Å². The standard InChI is InChI=1S/C14H21ClN2OS/c1-4-8-17(9-5-2)14(19)16-12-10-11(15)6-7-13(12)18-3/h6-7,10H,4-5,8-9H2,1-3H3,(H,16,19). The number of rotatable bonds is 6. The number of nitrogens with one attached hydrogen (secondary N) is 1. The minimum absolute atomic E-state index is 0.656. The first-order valence-corrected chi connectivity index (χ1v) is 7.30. The van der Waals surface area contributed by atoms with Crippen LogP contribution in [0.15, 0.2) is 18.2 Å². The molecule has 19 heavy (non-hydrogen) atoms. The number of nitrogens with zero attached hydrogens (tertiary/aromatic N) is 1. The van der Waals surface area contributed by atoms with Gasteiger partial charge in [-0.1, -0.05) is 25.4 Å². The molecule has 3 nitrogen and oxygen atoms in total. The Kier molecular flexibility index (Phi) is 6.95. The van der Waals surface area contributed by atoms with Crippen LogP contribution >= 0.6 is 23.8 Å². The van der Waals surface area contributed by atoms with Crippen LogP contribution in [0.3, 0.4) is 0 Å². The number of benzene rings is 1. The third kappa shape index (κ3) is 4.88. The average Bonchev–Trinajstić information content (AvgIpc) is 2.38. The number of anilines is 1. The number of hydrogen-bond donors (Lipinski definition) is 1. The lowest BCUT2D eigenvalue weighted by Crippen LogP contribution is -2.36. The smallest absolute Gasteiger partial charge is 0.173 e. The molecule has 0 aliphatic heterocycles. The lowest BCUT2D eigenvalue weighted by Gasteiger charge is -2.25. The molecule has 1 aromatic rings. The highest BCUT2D eigenvalue weighted by molar-refractivity contribution is 7.80. The summed E-state index contributed by atoms with van der Waals surface area (Å²) in [6.45, 7) is 6.18. The zero-order valence-corrected chi connectivity index (χ0v) is 13.3. The predicted molar refractivity (Wildman–Crippen MR) is 86.4 cm³/mol. The second-order valence-electron chi connectivity index (χ2n) is 4.26. The zero-order chi connectivity index (χ0) is 14.3. The van der Waals surface area contributed by atoms with E-state index in [0.29, 0.717) is 10.1 Å². The molecule has 0 saturated heterocycles. The molecule has 1 aromatic carbocycles. The van der Waals surface area contributed by atoms with Crippen molar-refractivity contribution in [1.82, 2.24) is 4.90 Å². The normalized spacial score (nSPS) is 10.1. The van der Waals surface area contributed by atoms with E-state index in [1.807, 2.05) is 12.1 Å². The fourth-order valence-corrected chi connectivity index (χ4v) is 2.29. The summed E-state index contributed by atoms with van der Waals surface area (Å²) in [5, 5.41) is 4.59. The van der Waals surface area contributed by atoms with E-state index in [-0.39, 0.29) is 0 Å². The molecule has 0 radical (unpaired) electrons. The van der Waals surface area contributed by atoms with Gasteiger partial charge in [-0.05, 0) is 43.3 Å². The Morgan fingerprint density at radius 3 is 2.47 bits per heavy atom. The first-order valence-electron chi connectivity index (χ1n) is 6.51. The molecule has 0 aliphatic rings. The Labute approximate surface area is 125 Å². The second-order valence-corrected chi connectivity index (χ2v) is 5.08. The van der Waals surface area contributed by atoms with E-state index in [4.69, 9.17) is 28.6 Å². The van der Waals surface area contributed by atoms with Gasteiger partial charge in [0.2, 0.25) is 0 Å². The van der Waals surface area contributed by atoms with Gasteiger partial charge in [-0.2, -0.15) is 0 Å². The lowest BCUT2D eigenvalue weighted by atomic mass is 10.3. The van der Waals surface area contributed by atoms with Gasteiger partial charge in [0.15, 0.2) is 5.11 Å². The molecule has 1 N–H and O–H groups in total. The van der Waals surface area contributed by atoms with Crippen molar-refractivity contribution in [2.24, 2.45) is 0 Å². The van der Waals surface area contributed by atoms with Gasteiger partial charge >= 0.3 is 0 Å². The summed E-state index contributed by atoms with van der Waals surface area (Å²) in [7, 11) is 1.63. The Hall–Kier alpha value is -1.00. The van der Waals surface area contributed by atoms with Crippen LogP contribution in [-0.2, 0) is 0 Å². The molecule has 0 bridgehead atoms. The van der Waals surface area contributed by atoms with Crippen molar-refractivity contribution in [2.45, 2.75) is 26.7 Å². The SMILES string of the molecule is CCCN(CCC)C(=S)Nc1cc(Cl)ccc1OC. The van der Waals surface area contributed by atoms with Crippen molar-refractivity contribution in [1.29, 1.82) is 0 Å². The summed E-state index contributed by atoms with van der Waals surface area (Å²) in [5.41, 5.74) is 0.803. The summed E-state index contributed by atoms with van der Waals surface area (Å²) >= 11 is 11.5. The molecular formula is C14H21ClN2OS. The highest BCUT2D eigenvalue weighted by Gasteiger charge is 2.11. The molecule has 1 rings (SSSR count). The van der Waals surface area contributed by atoms with Gasteiger partial charge in [0, 0.05) is 18.1 Å². The Bertz CT molecular complexity index is 420. The van der Waals surface area contributed by atoms with Crippen LogP contribution < -0.4 is 10.1 Å². The number of thiocarbonyl (C=S) groups is 1. The fourth-order valence-electron chi connectivity index (χ4n) is 1.83. The third-order valence-corrected chi connectivity index (χ3v) is 3.27. The summed E-state index contributed by atoms with van der Waals surface area (Å²) in [5.74, 6) is 0.736. The Balaban J connectivity index is 2.82. The van der Waals surface area contributed by atoms with Crippen LogP contribution in [0.25, 0.3) is 0 Å². The van der Waals surface area contributed by atoms with E-state index < -0.39 is 0 Å². The molecule has 0 aliphatic carbocycles. The summed E-state index contributed by atoms with van der Waals surface area (Å²) in [4.78, 5) is 2.16. The monoisotopic (exact) mass is 300 g/mol. The highest BCUT2D eigenvalue weighted by atomic mass is 35.5. The minimum Gasteiger partial charge on any atom is -0.495 e. The van der Waals surface area contributed by atoms with Crippen molar-refractivity contribution < 1.29 is 4.74 Å². The summed E-state index contributed by atoms with van der Waals surface area (Å²) in [6.07, 6.45) is 2.13. The topological polar surface area (TPSA) is 24.5 Å². The zero-order valence-electron chi connectivity index (χ0n) is 11.7. The van der Waals surface area contributed by atoms with Crippen LogP contribution in [-0.4, -0.2) is 30.2 Å². The average molecular weight is 301 g/mol. The van der Waals surface area contributed by atoms with E-state index in [2.05, 4.69) is 24.1 Å². The number of methoxy groups -OCH3 is 1. The van der Waals surface area contributed by atoms with Crippen LogP contribution in [0.1, 0.15) is 26.7 Å². The van der Waals surface area contributed by atoms with E-state index in [1.54, 1.807) is 13.2 Å². The molecule has 0 heterocycles. The Morgan fingerprint density at radius 2 is 1.95 bits per heavy atom. The quantitative estimate of drug-likeness (QED) is 0.797. The number of halogens is 1. The number of ether oxygens (including phenoxy) is 1. The molecule has 0 aromatic heterocycles. The molecule has 0 spiro atoms. The lowest BCUT2D eigenvalue weighted by molar-refractivity contribution is 0.414. The molecule has 5 heteroatoms. The number of hydrogen-bond acceptors (Lipinski definition) is 2. The van der Waals surface area contributed by atoms with Crippen LogP contribution in [0.4, 0.5) is 5.69 Å². The predicted octanol–water partition coefficient (Wildman–Crippen LogP) is 4.17. The molecule has 0 atom stereocenters. The largest absolute Gasteiger partial charge is 0.495 e. The van der Waals surface area contributed by atoms with Crippen molar-refractivity contribution in [3.63, 3.8) is 0 Å². The maximum Gasteiger partial charge on any atom is 0.173 e. The van der Waals surface area contributed by atoms with Gasteiger partial charge in [0.25, 0.3) is 0 Å². The Morgan fingerprint density at radius 1 is 1.32 bits per heavy atom. The van der Waals surface area contributed by atoms with Crippen LogP contribution in [0.5, 0.6) is 5.75 Å². The second kappa shape index (κ2) is 8.23. The van der Waals surface area contributed by atoms with Gasteiger partial charge in [0.1, 0.15) is 5.75 Å². The molecule has 106 valence electrons. The van der Waals surface area contributed by atoms with Gasteiger partial charge in [-0.25, -0.2) is 0 Å². The van der Waals surface area contributed by atoms with Gasteiger partial charge < -0.3 is 15.0 Å².